The third-order valence-corrected chi connectivity index (χ3v) is 6.17. The zero-order valence-electron chi connectivity index (χ0n) is 17.6. The third kappa shape index (κ3) is 5.56. The number of fused-ring (bicyclic) bond motifs is 1. The second-order valence-corrected chi connectivity index (χ2v) is 8.01. The lowest BCUT2D eigenvalue weighted by molar-refractivity contribution is 0.0983. The van der Waals surface area contributed by atoms with E-state index in [4.69, 9.17) is 4.98 Å². The van der Waals surface area contributed by atoms with Gasteiger partial charge in [-0.25, -0.2) is 4.98 Å². The van der Waals surface area contributed by atoms with Crippen molar-refractivity contribution in [1.82, 2.24) is 9.88 Å². The van der Waals surface area contributed by atoms with E-state index < -0.39 is 0 Å². The van der Waals surface area contributed by atoms with Crippen LogP contribution in [0.4, 0.5) is 5.13 Å². The Bertz CT molecular complexity index is 952. The van der Waals surface area contributed by atoms with Gasteiger partial charge in [-0.05, 0) is 56.3 Å². The molecule has 6 heteroatoms. The Morgan fingerprint density at radius 1 is 1.03 bits per heavy atom. The molecule has 0 fully saturated rings. The molecule has 0 aliphatic carbocycles. The number of hydrogen-bond donors (Lipinski definition) is 0. The summed E-state index contributed by atoms with van der Waals surface area (Å²) in [4.78, 5) is 22.3. The molecule has 0 saturated heterocycles. The summed E-state index contributed by atoms with van der Waals surface area (Å²) in [7, 11) is 0. The molecular weight excluding hydrogens is 402 g/mol. The molecule has 29 heavy (non-hydrogen) atoms. The minimum absolute atomic E-state index is 0. The number of carbonyl (C=O) groups excluding carboxylic acids is 1. The highest BCUT2D eigenvalue weighted by molar-refractivity contribution is 7.22. The minimum Gasteiger partial charge on any atom is -0.302 e. The van der Waals surface area contributed by atoms with Crippen LogP contribution >= 0.6 is 23.7 Å². The van der Waals surface area contributed by atoms with Crippen molar-refractivity contribution in [1.29, 1.82) is 0 Å². The van der Waals surface area contributed by atoms with Gasteiger partial charge in [0, 0.05) is 18.7 Å². The standard InChI is InChI=1S/C23H29N3OS.ClH/c1-5-18-11-12-20-21(16-18)28-23(24-20)26(14-13-25(6-2)7-3)22(27)19-10-8-9-17(4)15-19;/h8-12,15-16H,5-7,13-14H2,1-4H3;1H. The van der Waals surface area contributed by atoms with Gasteiger partial charge in [0.15, 0.2) is 5.13 Å². The molecular formula is C23H30ClN3OS. The van der Waals surface area contributed by atoms with E-state index >= 15 is 0 Å². The number of amides is 1. The molecule has 0 radical (unpaired) electrons. The van der Waals surface area contributed by atoms with Crippen molar-refractivity contribution in [2.24, 2.45) is 0 Å². The first-order valence-corrected chi connectivity index (χ1v) is 10.9. The molecule has 0 unspecified atom stereocenters. The van der Waals surface area contributed by atoms with Crippen molar-refractivity contribution in [2.75, 3.05) is 31.1 Å². The van der Waals surface area contributed by atoms with Crippen LogP contribution in [0.1, 0.15) is 42.3 Å². The van der Waals surface area contributed by atoms with Crippen LogP contribution < -0.4 is 4.90 Å². The average molecular weight is 432 g/mol. The summed E-state index contributed by atoms with van der Waals surface area (Å²) >= 11 is 1.60. The highest BCUT2D eigenvalue weighted by Crippen LogP contribution is 2.30. The Labute approximate surface area is 184 Å². The van der Waals surface area contributed by atoms with Crippen molar-refractivity contribution in [3.8, 4) is 0 Å². The van der Waals surface area contributed by atoms with E-state index in [2.05, 4.69) is 43.9 Å². The van der Waals surface area contributed by atoms with E-state index in [0.717, 1.165) is 47.0 Å². The predicted octanol–water partition coefficient (Wildman–Crippen LogP) is 5.58. The van der Waals surface area contributed by atoms with Crippen LogP contribution in [0.2, 0.25) is 0 Å². The summed E-state index contributed by atoms with van der Waals surface area (Å²) in [6.45, 7) is 11.9. The zero-order chi connectivity index (χ0) is 20.1. The van der Waals surface area contributed by atoms with Crippen molar-refractivity contribution < 1.29 is 4.79 Å². The van der Waals surface area contributed by atoms with Gasteiger partial charge >= 0.3 is 0 Å². The van der Waals surface area contributed by atoms with Crippen molar-refractivity contribution in [3.05, 3.63) is 59.2 Å². The largest absolute Gasteiger partial charge is 0.302 e. The van der Waals surface area contributed by atoms with Gasteiger partial charge in [-0.3, -0.25) is 9.69 Å². The van der Waals surface area contributed by atoms with E-state index in [1.54, 1.807) is 11.3 Å². The first kappa shape index (κ1) is 23.3. The molecule has 0 aliphatic rings. The van der Waals surface area contributed by atoms with Crippen LogP contribution in [0, 0.1) is 6.92 Å². The number of aryl methyl sites for hydroxylation is 2. The number of rotatable bonds is 8. The highest BCUT2D eigenvalue weighted by Gasteiger charge is 2.22. The number of aromatic nitrogens is 1. The smallest absolute Gasteiger partial charge is 0.260 e. The van der Waals surface area contributed by atoms with Gasteiger partial charge in [0.1, 0.15) is 0 Å². The molecule has 0 saturated carbocycles. The molecule has 0 bridgehead atoms. The van der Waals surface area contributed by atoms with Crippen LogP contribution in [-0.2, 0) is 6.42 Å². The van der Waals surface area contributed by atoms with Gasteiger partial charge in [-0.15, -0.1) is 12.4 Å². The molecule has 1 heterocycles. The van der Waals surface area contributed by atoms with Gasteiger partial charge in [-0.1, -0.05) is 55.9 Å². The molecule has 156 valence electrons. The van der Waals surface area contributed by atoms with E-state index in [-0.39, 0.29) is 18.3 Å². The van der Waals surface area contributed by atoms with Crippen LogP contribution in [0.15, 0.2) is 42.5 Å². The molecule has 1 aromatic heterocycles. The molecule has 3 aromatic rings. The first-order valence-electron chi connectivity index (χ1n) is 10.1. The topological polar surface area (TPSA) is 36.4 Å². The molecule has 0 N–H and O–H groups in total. The monoisotopic (exact) mass is 431 g/mol. The lowest BCUT2D eigenvalue weighted by Crippen LogP contribution is -2.38. The number of nitrogens with zero attached hydrogens (tertiary/aromatic N) is 3. The molecule has 0 spiro atoms. The summed E-state index contributed by atoms with van der Waals surface area (Å²) in [5.74, 6) is 0.0191. The van der Waals surface area contributed by atoms with E-state index in [9.17, 15) is 4.79 Å². The molecule has 2 aromatic carbocycles. The molecule has 3 rings (SSSR count). The first-order chi connectivity index (χ1) is 13.5. The fourth-order valence-corrected chi connectivity index (χ4v) is 4.35. The van der Waals surface area contributed by atoms with Crippen LogP contribution in [0.3, 0.4) is 0 Å². The summed E-state index contributed by atoms with van der Waals surface area (Å²) in [5, 5.41) is 0.780. The third-order valence-electron chi connectivity index (χ3n) is 5.13. The Kier molecular flexibility index (Phi) is 8.62. The van der Waals surface area contributed by atoms with Gasteiger partial charge in [0.25, 0.3) is 5.91 Å². The fraction of sp³-hybridized carbons (Fsp3) is 0.391. The lowest BCUT2D eigenvalue weighted by atomic mass is 10.1. The summed E-state index contributed by atoms with van der Waals surface area (Å²) in [6, 6.07) is 14.2. The SMILES string of the molecule is CCc1ccc2nc(N(CCN(CC)CC)C(=O)c3cccc(C)c3)sc2c1.Cl. The van der Waals surface area contributed by atoms with E-state index in [0.29, 0.717) is 12.1 Å². The quantitative estimate of drug-likeness (QED) is 0.467. The van der Waals surface area contributed by atoms with Crippen LogP contribution in [0.25, 0.3) is 10.2 Å². The Hall–Kier alpha value is -1.95. The van der Waals surface area contributed by atoms with Crippen molar-refractivity contribution in [2.45, 2.75) is 34.1 Å². The van der Waals surface area contributed by atoms with E-state index in [1.807, 2.05) is 36.1 Å². The number of benzene rings is 2. The van der Waals surface area contributed by atoms with Gasteiger partial charge < -0.3 is 4.90 Å². The lowest BCUT2D eigenvalue weighted by Gasteiger charge is -2.24. The predicted molar refractivity (Wildman–Crippen MR) is 127 cm³/mol. The van der Waals surface area contributed by atoms with Gasteiger partial charge in [-0.2, -0.15) is 0 Å². The maximum absolute atomic E-state index is 13.4. The number of carbonyl (C=O) groups is 1. The van der Waals surface area contributed by atoms with Crippen molar-refractivity contribution in [3.63, 3.8) is 0 Å². The van der Waals surface area contributed by atoms with Crippen LogP contribution in [0.5, 0.6) is 0 Å². The second kappa shape index (κ2) is 10.7. The maximum atomic E-state index is 13.4. The second-order valence-electron chi connectivity index (χ2n) is 7.01. The Morgan fingerprint density at radius 3 is 2.45 bits per heavy atom. The van der Waals surface area contributed by atoms with Gasteiger partial charge in [0.05, 0.1) is 10.2 Å². The molecule has 4 nitrogen and oxygen atoms in total. The average Bonchev–Trinajstić information content (AvgIpc) is 3.13. The molecule has 1 amide bonds. The number of thiazole rings is 1. The summed E-state index contributed by atoms with van der Waals surface area (Å²) in [6.07, 6.45) is 0.997. The van der Waals surface area contributed by atoms with Crippen LogP contribution in [-0.4, -0.2) is 42.0 Å². The summed E-state index contributed by atoms with van der Waals surface area (Å²) in [5.41, 5.74) is 4.06. The number of anilines is 1. The van der Waals surface area contributed by atoms with Gasteiger partial charge in [0.2, 0.25) is 0 Å². The van der Waals surface area contributed by atoms with E-state index in [1.165, 1.54) is 5.56 Å². The Balaban J connectivity index is 0.00000300. The van der Waals surface area contributed by atoms with Crippen molar-refractivity contribution >= 4 is 45.0 Å². The molecule has 0 aliphatic heterocycles. The highest BCUT2D eigenvalue weighted by atomic mass is 35.5. The minimum atomic E-state index is 0. The Morgan fingerprint density at radius 2 is 1.79 bits per heavy atom. The fourth-order valence-electron chi connectivity index (χ4n) is 3.29. The normalized spacial score (nSPS) is 10.9. The molecule has 0 atom stereocenters. The summed E-state index contributed by atoms with van der Waals surface area (Å²) < 4.78 is 1.14. The number of likely N-dealkylation sites (N-methyl/N-ethyl adjacent to an activating group) is 1. The zero-order valence-corrected chi connectivity index (χ0v) is 19.3. The number of halogens is 1. The maximum Gasteiger partial charge on any atom is 0.260 e. The number of hydrogen-bond acceptors (Lipinski definition) is 4.